The molecule has 0 atom stereocenters. The number of hydrogen-bond acceptors (Lipinski definition) is 6. The molecule has 7 heteroatoms. The molecule has 6 nitrogen and oxygen atoms in total. The molecule has 1 N–H and O–H groups in total. The van der Waals surface area contributed by atoms with E-state index in [0.29, 0.717) is 17.3 Å². The number of carbonyl (C=O) groups is 1. The van der Waals surface area contributed by atoms with E-state index in [9.17, 15) is 4.79 Å². The molecule has 0 saturated carbocycles. The van der Waals surface area contributed by atoms with E-state index in [2.05, 4.69) is 20.1 Å². The van der Waals surface area contributed by atoms with E-state index < -0.39 is 0 Å². The molecule has 0 radical (unpaired) electrons. The third-order valence-corrected chi connectivity index (χ3v) is 2.62. The minimum Gasteiger partial charge on any atom is -0.494 e. The summed E-state index contributed by atoms with van der Waals surface area (Å²) >= 11 is 1.03. The fourth-order valence-electron chi connectivity index (χ4n) is 1.27. The monoisotopic (exact) mass is 264 g/mol. The van der Waals surface area contributed by atoms with Crippen LogP contribution in [0.5, 0.6) is 5.75 Å². The van der Waals surface area contributed by atoms with Crippen molar-refractivity contribution in [3.05, 3.63) is 29.8 Å². The fourth-order valence-corrected chi connectivity index (χ4v) is 1.64. The van der Waals surface area contributed by atoms with Crippen molar-refractivity contribution in [2.45, 2.75) is 13.3 Å². The number of amides is 1. The molecule has 0 fully saturated rings. The zero-order chi connectivity index (χ0) is 12.8. The first-order valence-corrected chi connectivity index (χ1v) is 6.26. The third kappa shape index (κ3) is 3.24. The summed E-state index contributed by atoms with van der Waals surface area (Å²) < 4.78 is 9.00. The largest absolute Gasteiger partial charge is 0.494 e. The van der Waals surface area contributed by atoms with E-state index >= 15 is 0 Å². The lowest BCUT2D eigenvalue weighted by Crippen LogP contribution is -2.11. The van der Waals surface area contributed by atoms with Gasteiger partial charge in [-0.25, -0.2) is 0 Å². The standard InChI is InChI=1S/C11H12N4O2S/c1-2-7-17-9-5-3-8(4-6-9)10(16)12-11-13-14-15-18-11/h3-6H,2,7H2,1H3,(H,12,13,15,16). The Balaban J connectivity index is 1.98. The lowest BCUT2D eigenvalue weighted by molar-refractivity contribution is 0.102. The molecule has 0 aliphatic heterocycles. The van der Waals surface area contributed by atoms with Gasteiger partial charge in [-0.05, 0) is 35.9 Å². The Morgan fingerprint density at radius 3 is 2.78 bits per heavy atom. The van der Waals surface area contributed by atoms with Gasteiger partial charge in [0.2, 0.25) is 5.13 Å². The van der Waals surface area contributed by atoms with E-state index in [1.54, 1.807) is 24.3 Å². The molecular formula is C11H12N4O2S. The highest BCUT2D eigenvalue weighted by Gasteiger charge is 2.08. The highest BCUT2D eigenvalue weighted by atomic mass is 32.1. The van der Waals surface area contributed by atoms with Crippen LogP contribution in [0.15, 0.2) is 24.3 Å². The molecule has 0 unspecified atom stereocenters. The molecule has 1 aromatic heterocycles. The van der Waals surface area contributed by atoms with Crippen LogP contribution >= 0.6 is 11.5 Å². The van der Waals surface area contributed by atoms with Crippen molar-refractivity contribution in [1.82, 2.24) is 14.8 Å². The van der Waals surface area contributed by atoms with E-state index in [4.69, 9.17) is 4.74 Å². The number of ether oxygens (including phenoxy) is 1. The molecule has 18 heavy (non-hydrogen) atoms. The summed E-state index contributed by atoms with van der Waals surface area (Å²) in [6, 6.07) is 6.94. The first-order chi connectivity index (χ1) is 8.79. The summed E-state index contributed by atoms with van der Waals surface area (Å²) in [5.74, 6) is 0.515. The van der Waals surface area contributed by atoms with Crippen LogP contribution in [0.4, 0.5) is 5.13 Å². The molecule has 0 bridgehead atoms. The summed E-state index contributed by atoms with van der Waals surface area (Å²) in [6.45, 7) is 2.71. The summed E-state index contributed by atoms with van der Waals surface area (Å²) in [5, 5.41) is 10.0. The number of anilines is 1. The Kier molecular flexibility index (Phi) is 4.19. The van der Waals surface area contributed by atoms with Crippen LogP contribution in [0.25, 0.3) is 0 Å². The average Bonchev–Trinajstić information content (AvgIpc) is 2.89. The van der Waals surface area contributed by atoms with Crippen LogP contribution in [-0.4, -0.2) is 27.3 Å². The molecule has 1 aromatic carbocycles. The molecule has 2 aromatic rings. The molecule has 94 valence electrons. The highest BCUT2D eigenvalue weighted by Crippen LogP contribution is 2.14. The average molecular weight is 264 g/mol. The smallest absolute Gasteiger partial charge is 0.257 e. The first-order valence-electron chi connectivity index (χ1n) is 5.49. The third-order valence-electron chi connectivity index (χ3n) is 2.11. The molecule has 1 amide bonds. The van der Waals surface area contributed by atoms with Gasteiger partial charge in [-0.3, -0.25) is 10.1 Å². The van der Waals surface area contributed by atoms with Gasteiger partial charge in [0.25, 0.3) is 5.91 Å². The second-order valence-electron chi connectivity index (χ2n) is 3.49. The SMILES string of the molecule is CCCOc1ccc(C(=O)Nc2nnns2)cc1. The Labute approximate surface area is 108 Å². The van der Waals surface area contributed by atoms with Crippen molar-refractivity contribution >= 4 is 22.6 Å². The van der Waals surface area contributed by atoms with Crippen molar-refractivity contribution in [2.75, 3.05) is 11.9 Å². The zero-order valence-electron chi connectivity index (χ0n) is 9.79. The van der Waals surface area contributed by atoms with E-state index in [1.165, 1.54) is 0 Å². The van der Waals surface area contributed by atoms with Crippen molar-refractivity contribution < 1.29 is 9.53 Å². The normalized spacial score (nSPS) is 10.1. The number of nitrogens with one attached hydrogen (secondary N) is 1. The van der Waals surface area contributed by atoms with Gasteiger partial charge in [-0.1, -0.05) is 16.5 Å². The minimum absolute atomic E-state index is 0.240. The number of nitrogens with zero attached hydrogens (tertiary/aromatic N) is 3. The molecular weight excluding hydrogens is 252 g/mol. The Morgan fingerprint density at radius 2 is 2.17 bits per heavy atom. The summed E-state index contributed by atoms with van der Waals surface area (Å²) in [4.78, 5) is 11.8. The summed E-state index contributed by atoms with van der Waals surface area (Å²) in [5.41, 5.74) is 0.536. The van der Waals surface area contributed by atoms with Gasteiger partial charge in [0, 0.05) is 17.1 Å². The number of aromatic nitrogens is 3. The maximum atomic E-state index is 11.8. The fraction of sp³-hybridized carbons (Fsp3) is 0.273. The van der Waals surface area contributed by atoms with Crippen LogP contribution in [0.1, 0.15) is 23.7 Å². The number of carbonyl (C=O) groups excluding carboxylic acids is 1. The number of hydrogen-bond donors (Lipinski definition) is 1. The quantitative estimate of drug-likeness (QED) is 0.893. The number of rotatable bonds is 5. The molecule has 2 rings (SSSR count). The Morgan fingerprint density at radius 1 is 1.39 bits per heavy atom. The summed E-state index contributed by atoms with van der Waals surface area (Å²) in [6.07, 6.45) is 0.951. The molecule has 0 spiro atoms. The predicted octanol–water partition coefficient (Wildman–Crippen LogP) is 1.97. The topological polar surface area (TPSA) is 77.0 Å². The van der Waals surface area contributed by atoms with Crippen LogP contribution in [0, 0.1) is 0 Å². The van der Waals surface area contributed by atoms with Crippen molar-refractivity contribution in [1.29, 1.82) is 0 Å². The molecule has 0 saturated heterocycles. The zero-order valence-corrected chi connectivity index (χ0v) is 10.6. The van der Waals surface area contributed by atoms with Crippen molar-refractivity contribution in [2.24, 2.45) is 0 Å². The van der Waals surface area contributed by atoms with Crippen molar-refractivity contribution in [3.63, 3.8) is 0 Å². The highest BCUT2D eigenvalue weighted by molar-refractivity contribution is 7.09. The van der Waals surface area contributed by atoms with Gasteiger partial charge in [0.1, 0.15) is 5.75 Å². The predicted molar refractivity (Wildman–Crippen MR) is 67.9 cm³/mol. The van der Waals surface area contributed by atoms with Crippen LogP contribution in [0.2, 0.25) is 0 Å². The maximum absolute atomic E-state index is 11.8. The van der Waals surface area contributed by atoms with E-state index in [1.807, 2.05) is 6.92 Å². The van der Waals surface area contributed by atoms with Gasteiger partial charge in [0.05, 0.1) is 6.61 Å². The minimum atomic E-state index is -0.240. The number of benzene rings is 1. The van der Waals surface area contributed by atoms with E-state index in [-0.39, 0.29) is 5.91 Å². The van der Waals surface area contributed by atoms with E-state index in [0.717, 1.165) is 23.7 Å². The van der Waals surface area contributed by atoms with Gasteiger partial charge in [0.15, 0.2) is 0 Å². The second-order valence-corrected chi connectivity index (χ2v) is 4.23. The van der Waals surface area contributed by atoms with Gasteiger partial charge < -0.3 is 4.74 Å². The Bertz CT molecular complexity index is 498. The first kappa shape index (κ1) is 12.4. The van der Waals surface area contributed by atoms with Gasteiger partial charge in [-0.2, -0.15) is 0 Å². The second kappa shape index (κ2) is 6.06. The van der Waals surface area contributed by atoms with Gasteiger partial charge >= 0.3 is 0 Å². The summed E-state index contributed by atoms with van der Waals surface area (Å²) in [7, 11) is 0. The Hall–Kier alpha value is -2.02. The van der Waals surface area contributed by atoms with Gasteiger partial charge in [-0.15, -0.1) is 0 Å². The lowest BCUT2D eigenvalue weighted by atomic mass is 10.2. The van der Waals surface area contributed by atoms with Crippen molar-refractivity contribution in [3.8, 4) is 5.75 Å². The van der Waals surface area contributed by atoms with Crippen LogP contribution < -0.4 is 10.1 Å². The lowest BCUT2D eigenvalue weighted by Gasteiger charge is -2.05. The molecule has 0 aliphatic rings. The molecule has 1 heterocycles. The molecule has 0 aliphatic carbocycles. The van der Waals surface area contributed by atoms with Crippen LogP contribution in [0.3, 0.4) is 0 Å². The maximum Gasteiger partial charge on any atom is 0.257 e. The van der Waals surface area contributed by atoms with Crippen LogP contribution in [-0.2, 0) is 0 Å².